The van der Waals surface area contributed by atoms with Gasteiger partial charge in [-0.25, -0.2) is 4.79 Å². The van der Waals surface area contributed by atoms with Crippen LogP contribution in [0, 0.1) is 11.8 Å². The van der Waals surface area contributed by atoms with Crippen LogP contribution in [0.1, 0.15) is 16.7 Å². The van der Waals surface area contributed by atoms with Gasteiger partial charge < -0.3 is 4.42 Å². The minimum Gasteiger partial charge on any atom is -0.422 e. The van der Waals surface area contributed by atoms with Crippen LogP contribution in [0.25, 0.3) is 23.1 Å². The molecule has 2 aromatic rings. The Labute approximate surface area is 110 Å². The number of allylic oxidation sites excluding steroid dienone is 3. The van der Waals surface area contributed by atoms with Gasteiger partial charge in [0.1, 0.15) is 5.58 Å². The molecule has 3 rings (SSSR count). The summed E-state index contributed by atoms with van der Waals surface area (Å²) in [6.45, 7) is 3.61. The van der Waals surface area contributed by atoms with E-state index in [1.54, 1.807) is 18.2 Å². The van der Waals surface area contributed by atoms with Gasteiger partial charge in [0.2, 0.25) is 0 Å². The summed E-state index contributed by atoms with van der Waals surface area (Å²) in [5.74, 6) is 5.96. The quantitative estimate of drug-likeness (QED) is 0.570. The second kappa shape index (κ2) is 4.47. The summed E-state index contributed by atoms with van der Waals surface area (Å²) in [5.41, 5.74) is 2.49. The van der Waals surface area contributed by atoms with Crippen LogP contribution < -0.4 is 5.63 Å². The summed E-state index contributed by atoms with van der Waals surface area (Å²) < 4.78 is 5.29. The largest absolute Gasteiger partial charge is 0.422 e. The lowest BCUT2D eigenvalue weighted by atomic mass is 10.0. The van der Waals surface area contributed by atoms with Crippen molar-refractivity contribution in [3.05, 3.63) is 70.1 Å². The second-order valence-corrected chi connectivity index (χ2v) is 4.16. The zero-order valence-corrected chi connectivity index (χ0v) is 10.1. The molecule has 0 atom stereocenters. The molecular formula is C17H10O2. The van der Waals surface area contributed by atoms with Gasteiger partial charge in [-0.05, 0) is 29.8 Å². The normalized spacial score (nSPS) is 12.2. The highest BCUT2D eigenvalue weighted by Gasteiger charge is 2.06. The maximum Gasteiger partial charge on any atom is 0.343 e. The molecule has 0 N–H and O–H groups in total. The molecule has 19 heavy (non-hydrogen) atoms. The molecule has 0 spiro atoms. The molecule has 90 valence electrons. The molecule has 0 saturated heterocycles. The number of hydrogen-bond donors (Lipinski definition) is 0. The Balaban J connectivity index is 2.35. The predicted molar refractivity (Wildman–Crippen MR) is 77.6 cm³/mol. The van der Waals surface area contributed by atoms with Crippen molar-refractivity contribution in [1.29, 1.82) is 0 Å². The van der Waals surface area contributed by atoms with Gasteiger partial charge in [0.25, 0.3) is 0 Å². The first-order valence-corrected chi connectivity index (χ1v) is 5.87. The molecule has 1 heterocycles. The van der Waals surface area contributed by atoms with Gasteiger partial charge in [0.15, 0.2) is 0 Å². The molecule has 0 bridgehead atoms. The monoisotopic (exact) mass is 246 g/mol. The Hall–Kier alpha value is -2.79. The van der Waals surface area contributed by atoms with Crippen LogP contribution in [0.3, 0.4) is 0 Å². The van der Waals surface area contributed by atoms with Gasteiger partial charge in [0, 0.05) is 10.9 Å². The van der Waals surface area contributed by atoms with Gasteiger partial charge in [-0.3, -0.25) is 0 Å². The number of rotatable bonds is 1. The Morgan fingerprint density at radius 3 is 2.95 bits per heavy atom. The molecular weight excluding hydrogens is 236 g/mol. The molecule has 0 amide bonds. The minimum atomic E-state index is -0.378. The zero-order chi connectivity index (χ0) is 13.2. The minimum absolute atomic E-state index is 0.378. The van der Waals surface area contributed by atoms with Crippen molar-refractivity contribution in [1.82, 2.24) is 0 Å². The summed E-state index contributed by atoms with van der Waals surface area (Å²) >= 11 is 0. The lowest BCUT2D eigenvalue weighted by Gasteiger charge is -2.04. The van der Waals surface area contributed by atoms with Crippen LogP contribution in [0.2, 0.25) is 0 Å². The molecule has 0 unspecified atom stereocenters. The average Bonchev–Trinajstić information content (AvgIpc) is 2.38. The zero-order valence-electron chi connectivity index (χ0n) is 10.1. The summed E-state index contributed by atoms with van der Waals surface area (Å²) in [7, 11) is 0. The standard InChI is InChI=1S/C17H10O2/c1-2-12-9-15-10-13-7-5-3-4-6-8-14(13)11-16(15)19-17(12)18/h2-5,7,9-11H,1H2. The van der Waals surface area contributed by atoms with Crippen LogP contribution in [0.5, 0.6) is 0 Å². The third-order valence-corrected chi connectivity index (χ3v) is 2.92. The van der Waals surface area contributed by atoms with Gasteiger partial charge in [0.05, 0.1) is 5.56 Å². The van der Waals surface area contributed by atoms with Crippen molar-refractivity contribution in [3.8, 4) is 11.8 Å². The van der Waals surface area contributed by atoms with E-state index in [-0.39, 0.29) is 5.63 Å². The highest BCUT2D eigenvalue weighted by molar-refractivity contribution is 5.84. The summed E-state index contributed by atoms with van der Waals surface area (Å²) in [6.07, 6.45) is 9.09. The fourth-order valence-corrected chi connectivity index (χ4v) is 1.97. The van der Waals surface area contributed by atoms with Gasteiger partial charge >= 0.3 is 5.63 Å². The maximum absolute atomic E-state index is 11.7. The molecule has 0 fully saturated rings. The predicted octanol–water partition coefficient (Wildman–Crippen LogP) is 3.37. The van der Waals surface area contributed by atoms with Crippen molar-refractivity contribution in [2.24, 2.45) is 0 Å². The molecule has 2 nitrogen and oxygen atoms in total. The Kier molecular flexibility index (Phi) is 2.66. The lowest BCUT2D eigenvalue weighted by Crippen LogP contribution is -2.02. The van der Waals surface area contributed by atoms with Crippen LogP contribution in [0.15, 0.2) is 52.2 Å². The summed E-state index contributed by atoms with van der Waals surface area (Å²) in [6, 6.07) is 5.55. The van der Waals surface area contributed by atoms with Crippen LogP contribution in [-0.2, 0) is 0 Å². The Morgan fingerprint density at radius 1 is 1.21 bits per heavy atom. The van der Waals surface area contributed by atoms with E-state index in [1.807, 2.05) is 24.3 Å². The smallest absolute Gasteiger partial charge is 0.343 e. The van der Waals surface area contributed by atoms with E-state index >= 15 is 0 Å². The van der Waals surface area contributed by atoms with Gasteiger partial charge in [-0.2, -0.15) is 0 Å². The topological polar surface area (TPSA) is 30.2 Å². The molecule has 0 radical (unpaired) electrons. The van der Waals surface area contributed by atoms with E-state index in [4.69, 9.17) is 4.42 Å². The molecule has 1 aliphatic rings. The van der Waals surface area contributed by atoms with E-state index < -0.39 is 0 Å². The fraction of sp³-hybridized carbons (Fsp3) is 0. The van der Waals surface area contributed by atoms with E-state index in [2.05, 4.69) is 18.4 Å². The first-order chi connectivity index (χ1) is 9.28. The Morgan fingerprint density at radius 2 is 2.11 bits per heavy atom. The van der Waals surface area contributed by atoms with E-state index in [0.717, 1.165) is 16.5 Å². The molecule has 2 heteroatoms. The van der Waals surface area contributed by atoms with E-state index in [1.165, 1.54) is 6.08 Å². The van der Waals surface area contributed by atoms with Crippen molar-refractivity contribution in [2.45, 2.75) is 0 Å². The van der Waals surface area contributed by atoms with Crippen LogP contribution in [-0.4, -0.2) is 0 Å². The van der Waals surface area contributed by atoms with E-state index in [9.17, 15) is 4.79 Å². The van der Waals surface area contributed by atoms with Crippen molar-refractivity contribution in [3.63, 3.8) is 0 Å². The fourth-order valence-electron chi connectivity index (χ4n) is 1.97. The number of fused-ring (bicyclic) bond motifs is 2. The Bertz CT molecular complexity index is 852. The highest BCUT2D eigenvalue weighted by atomic mass is 16.4. The van der Waals surface area contributed by atoms with Gasteiger partial charge in [-0.15, -0.1) is 0 Å². The van der Waals surface area contributed by atoms with Crippen molar-refractivity contribution >= 4 is 23.1 Å². The molecule has 1 aromatic heterocycles. The average molecular weight is 246 g/mol. The summed E-state index contributed by atoms with van der Waals surface area (Å²) in [5, 5.41) is 0.865. The maximum atomic E-state index is 11.7. The SMILES string of the molecule is C=Cc1cc2cc3c(cc2oc1=O)C#CC=CC=C3. The third kappa shape index (κ3) is 2.02. The van der Waals surface area contributed by atoms with Crippen molar-refractivity contribution in [2.75, 3.05) is 0 Å². The first-order valence-electron chi connectivity index (χ1n) is 5.87. The molecule has 1 aliphatic carbocycles. The van der Waals surface area contributed by atoms with Gasteiger partial charge in [-0.1, -0.05) is 42.7 Å². The molecule has 0 saturated carbocycles. The highest BCUT2D eigenvalue weighted by Crippen LogP contribution is 2.21. The molecule has 0 aliphatic heterocycles. The summed E-state index contributed by atoms with van der Waals surface area (Å²) in [4.78, 5) is 11.7. The van der Waals surface area contributed by atoms with Crippen molar-refractivity contribution < 1.29 is 4.42 Å². The first kappa shape index (κ1) is 11.3. The number of benzene rings is 1. The number of hydrogen-bond acceptors (Lipinski definition) is 2. The van der Waals surface area contributed by atoms with E-state index in [0.29, 0.717) is 11.1 Å². The molecule has 1 aromatic carbocycles. The lowest BCUT2D eigenvalue weighted by molar-refractivity contribution is 0.559. The second-order valence-electron chi connectivity index (χ2n) is 4.16. The van der Waals surface area contributed by atoms with Crippen LogP contribution in [0.4, 0.5) is 0 Å². The third-order valence-electron chi connectivity index (χ3n) is 2.92. The van der Waals surface area contributed by atoms with Crippen LogP contribution >= 0.6 is 0 Å².